The molecule has 1 aliphatic rings. The van der Waals surface area contributed by atoms with Gasteiger partial charge in [0.1, 0.15) is 0 Å². The van der Waals surface area contributed by atoms with Crippen molar-refractivity contribution in [3.05, 3.63) is 59.7 Å². The zero-order chi connectivity index (χ0) is 20.9. The van der Waals surface area contributed by atoms with Crippen molar-refractivity contribution in [2.45, 2.75) is 26.2 Å². The maximum Gasteiger partial charge on any atom is 0.251 e. The second-order valence-electron chi connectivity index (χ2n) is 7.45. The van der Waals surface area contributed by atoms with E-state index < -0.39 is 0 Å². The summed E-state index contributed by atoms with van der Waals surface area (Å²) in [5.74, 6) is 0.744. The Hall–Kier alpha value is -3.48. The summed E-state index contributed by atoms with van der Waals surface area (Å²) in [5.41, 5.74) is 3.28. The second kappa shape index (κ2) is 8.90. The van der Waals surface area contributed by atoms with Crippen LogP contribution in [0.5, 0.6) is 0 Å². The van der Waals surface area contributed by atoms with Crippen LogP contribution >= 0.6 is 0 Å². The van der Waals surface area contributed by atoms with Crippen LogP contribution in [0.2, 0.25) is 0 Å². The number of hydrogen-bond acceptors (Lipinski definition) is 5. The molecule has 1 saturated heterocycles. The van der Waals surface area contributed by atoms with Gasteiger partial charge in [0.2, 0.25) is 17.7 Å². The van der Waals surface area contributed by atoms with E-state index in [4.69, 9.17) is 4.42 Å². The molecule has 0 aliphatic carbocycles. The third-order valence-electron chi connectivity index (χ3n) is 5.20. The highest BCUT2D eigenvalue weighted by molar-refractivity contribution is 5.94. The lowest BCUT2D eigenvalue weighted by molar-refractivity contribution is -0.129. The summed E-state index contributed by atoms with van der Waals surface area (Å²) < 4.78 is 5.77. The van der Waals surface area contributed by atoms with Gasteiger partial charge in [-0.05, 0) is 56.2 Å². The fraction of sp³-hybridized carbons (Fsp3) is 0.304. The molecule has 0 saturated carbocycles. The second-order valence-corrected chi connectivity index (χ2v) is 7.45. The van der Waals surface area contributed by atoms with Gasteiger partial charge in [-0.3, -0.25) is 9.59 Å². The van der Waals surface area contributed by atoms with Gasteiger partial charge < -0.3 is 14.6 Å². The minimum absolute atomic E-state index is 0.101. The maximum absolute atomic E-state index is 12.3. The molecular formula is C23H24N4O3. The first-order chi connectivity index (χ1) is 14.6. The van der Waals surface area contributed by atoms with E-state index in [9.17, 15) is 9.59 Å². The predicted octanol–water partition coefficient (Wildman–Crippen LogP) is 3.45. The summed E-state index contributed by atoms with van der Waals surface area (Å²) in [7, 11) is 0. The fourth-order valence-corrected chi connectivity index (χ4v) is 3.43. The van der Waals surface area contributed by atoms with Crippen molar-refractivity contribution in [1.29, 1.82) is 0 Å². The first-order valence-electron chi connectivity index (χ1n) is 10.2. The standard InChI is InChI=1S/C23H24N4O3/c1-16-4-6-18(7-5-16)22-25-26-23(30-22)19-10-8-17(9-11-19)21(29)24-13-12-20(28)27-14-2-3-15-27/h4-11H,2-3,12-15H2,1H3,(H,24,29). The molecule has 2 heterocycles. The Morgan fingerprint density at radius 1 is 0.933 bits per heavy atom. The summed E-state index contributed by atoms with van der Waals surface area (Å²) in [6, 6.07) is 14.8. The Bertz CT molecular complexity index is 1020. The molecular weight excluding hydrogens is 380 g/mol. The smallest absolute Gasteiger partial charge is 0.251 e. The number of rotatable bonds is 6. The van der Waals surface area contributed by atoms with Gasteiger partial charge in [0.05, 0.1) is 0 Å². The van der Waals surface area contributed by atoms with E-state index in [1.54, 1.807) is 24.3 Å². The number of aryl methyl sites for hydroxylation is 1. The molecule has 0 radical (unpaired) electrons. The summed E-state index contributed by atoms with van der Waals surface area (Å²) >= 11 is 0. The Balaban J connectivity index is 1.34. The Labute approximate surface area is 175 Å². The quantitative estimate of drug-likeness (QED) is 0.680. The lowest BCUT2D eigenvalue weighted by Gasteiger charge is -2.15. The molecule has 154 valence electrons. The van der Waals surface area contributed by atoms with Crippen LogP contribution < -0.4 is 5.32 Å². The molecule has 2 amide bonds. The molecule has 30 heavy (non-hydrogen) atoms. The molecule has 2 aromatic carbocycles. The number of aromatic nitrogens is 2. The molecule has 3 aromatic rings. The van der Waals surface area contributed by atoms with E-state index in [1.165, 1.54) is 0 Å². The summed E-state index contributed by atoms with van der Waals surface area (Å²) in [6.07, 6.45) is 2.46. The zero-order valence-corrected chi connectivity index (χ0v) is 16.9. The first kappa shape index (κ1) is 19.8. The van der Waals surface area contributed by atoms with E-state index in [2.05, 4.69) is 15.5 Å². The van der Waals surface area contributed by atoms with Crippen LogP contribution in [-0.4, -0.2) is 46.5 Å². The van der Waals surface area contributed by atoms with Crippen molar-refractivity contribution in [3.8, 4) is 22.9 Å². The van der Waals surface area contributed by atoms with Gasteiger partial charge in [-0.2, -0.15) is 0 Å². The molecule has 1 aromatic heterocycles. The molecule has 1 N–H and O–H groups in total. The van der Waals surface area contributed by atoms with Crippen LogP contribution in [0.1, 0.15) is 35.2 Å². The molecule has 7 heteroatoms. The van der Waals surface area contributed by atoms with E-state index in [0.29, 0.717) is 30.3 Å². The number of likely N-dealkylation sites (tertiary alicyclic amines) is 1. The fourth-order valence-electron chi connectivity index (χ4n) is 3.43. The number of hydrogen-bond donors (Lipinski definition) is 1. The van der Waals surface area contributed by atoms with Crippen molar-refractivity contribution in [1.82, 2.24) is 20.4 Å². The minimum Gasteiger partial charge on any atom is -0.416 e. The zero-order valence-electron chi connectivity index (χ0n) is 16.9. The number of amides is 2. The largest absolute Gasteiger partial charge is 0.416 e. The number of carbonyl (C=O) groups excluding carboxylic acids is 2. The van der Waals surface area contributed by atoms with Gasteiger partial charge in [0.25, 0.3) is 5.91 Å². The highest BCUT2D eigenvalue weighted by Gasteiger charge is 2.17. The predicted molar refractivity (Wildman–Crippen MR) is 113 cm³/mol. The van der Waals surface area contributed by atoms with Crippen LogP contribution in [-0.2, 0) is 4.79 Å². The number of nitrogens with one attached hydrogen (secondary N) is 1. The van der Waals surface area contributed by atoms with Gasteiger partial charge in [-0.25, -0.2) is 0 Å². The normalized spacial score (nSPS) is 13.4. The van der Waals surface area contributed by atoms with E-state index in [0.717, 1.165) is 42.6 Å². The van der Waals surface area contributed by atoms with Gasteiger partial charge in [0.15, 0.2) is 0 Å². The maximum atomic E-state index is 12.3. The first-order valence-corrected chi connectivity index (χ1v) is 10.2. The van der Waals surface area contributed by atoms with E-state index in [-0.39, 0.29) is 11.8 Å². The average molecular weight is 404 g/mol. The molecule has 1 fully saturated rings. The van der Waals surface area contributed by atoms with Gasteiger partial charge >= 0.3 is 0 Å². The summed E-state index contributed by atoms with van der Waals surface area (Å²) in [6.45, 7) is 4.01. The lowest BCUT2D eigenvalue weighted by Crippen LogP contribution is -2.32. The Morgan fingerprint density at radius 2 is 1.50 bits per heavy atom. The van der Waals surface area contributed by atoms with Crippen molar-refractivity contribution in [3.63, 3.8) is 0 Å². The third kappa shape index (κ3) is 4.56. The molecule has 0 unspecified atom stereocenters. The van der Waals surface area contributed by atoms with E-state index in [1.807, 2.05) is 36.1 Å². The van der Waals surface area contributed by atoms with Crippen LogP contribution in [0.4, 0.5) is 0 Å². The monoisotopic (exact) mass is 404 g/mol. The summed E-state index contributed by atoms with van der Waals surface area (Å²) in [4.78, 5) is 26.2. The molecule has 4 rings (SSSR count). The van der Waals surface area contributed by atoms with Crippen LogP contribution in [0.25, 0.3) is 22.9 Å². The van der Waals surface area contributed by atoms with Crippen molar-refractivity contribution >= 4 is 11.8 Å². The Morgan fingerprint density at radius 3 is 2.10 bits per heavy atom. The average Bonchev–Trinajstić information content (AvgIpc) is 3.47. The van der Waals surface area contributed by atoms with E-state index >= 15 is 0 Å². The third-order valence-corrected chi connectivity index (χ3v) is 5.20. The van der Waals surface area contributed by atoms with Gasteiger partial charge in [0, 0.05) is 42.7 Å². The molecule has 0 atom stereocenters. The minimum atomic E-state index is -0.207. The Kier molecular flexibility index (Phi) is 5.88. The van der Waals surface area contributed by atoms with Crippen LogP contribution in [0, 0.1) is 6.92 Å². The molecule has 1 aliphatic heterocycles. The number of carbonyl (C=O) groups is 2. The molecule has 0 spiro atoms. The van der Waals surface area contributed by atoms with Crippen molar-refractivity contribution in [2.24, 2.45) is 0 Å². The SMILES string of the molecule is Cc1ccc(-c2nnc(-c3ccc(C(=O)NCCC(=O)N4CCCC4)cc3)o2)cc1. The molecule has 0 bridgehead atoms. The van der Waals surface area contributed by atoms with Crippen LogP contribution in [0.15, 0.2) is 52.9 Å². The van der Waals surface area contributed by atoms with Gasteiger partial charge in [-0.15, -0.1) is 10.2 Å². The highest BCUT2D eigenvalue weighted by Crippen LogP contribution is 2.24. The number of nitrogens with zero attached hydrogens (tertiary/aromatic N) is 3. The highest BCUT2D eigenvalue weighted by atomic mass is 16.4. The van der Waals surface area contributed by atoms with Crippen LogP contribution in [0.3, 0.4) is 0 Å². The topological polar surface area (TPSA) is 88.3 Å². The van der Waals surface area contributed by atoms with Crippen molar-refractivity contribution < 1.29 is 14.0 Å². The number of benzene rings is 2. The van der Waals surface area contributed by atoms with Gasteiger partial charge in [-0.1, -0.05) is 17.7 Å². The van der Waals surface area contributed by atoms with Crippen molar-refractivity contribution in [2.75, 3.05) is 19.6 Å². The lowest BCUT2D eigenvalue weighted by atomic mass is 10.1. The molecule has 7 nitrogen and oxygen atoms in total. The summed E-state index contributed by atoms with van der Waals surface area (Å²) in [5, 5.41) is 11.0.